The van der Waals surface area contributed by atoms with Crippen LogP contribution >= 0.6 is 0 Å². The van der Waals surface area contributed by atoms with Gasteiger partial charge in [-0.15, -0.1) is 0 Å². The molecule has 3 aromatic rings. The van der Waals surface area contributed by atoms with Gasteiger partial charge in [-0.25, -0.2) is 4.98 Å². The summed E-state index contributed by atoms with van der Waals surface area (Å²) in [6.45, 7) is 4.48. The molecule has 0 saturated carbocycles. The molecular formula is C18H23N5O. The minimum absolute atomic E-state index is 0.613. The number of fused-ring (bicyclic) bond motifs is 1. The molecule has 0 unspecified atom stereocenters. The number of nitrogens with zero attached hydrogens (tertiary/aromatic N) is 3. The first kappa shape index (κ1) is 16.1. The van der Waals surface area contributed by atoms with E-state index in [1.807, 2.05) is 30.7 Å². The first-order valence-corrected chi connectivity index (χ1v) is 8.15. The molecule has 0 fully saturated rings. The molecule has 2 aromatic heterocycles. The smallest absolute Gasteiger partial charge is 0.191 e. The molecule has 2 heterocycles. The fourth-order valence-electron chi connectivity index (χ4n) is 2.67. The van der Waals surface area contributed by atoms with Crippen LogP contribution < -0.4 is 10.6 Å². The largest absolute Gasteiger partial charge is 0.459 e. The summed E-state index contributed by atoms with van der Waals surface area (Å²) in [5.41, 5.74) is 2.10. The predicted octanol–water partition coefficient (Wildman–Crippen LogP) is 2.69. The van der Waals surface area contributed by atoms with Crippen molar-refractivity contribution in [3.05, 3.63) is 54.3 Å². The van der Waals surface area contributed by atoms with Gasteiger partial charge in [-0.1, -0.05) is 18.2 Å². The highest BCUT2D eigenvalue weighted by atomic mass is 16.3. The van der Waals surface area contributed by atoms with Crippen molar-refractivity contribution in [1.82, 2.24) is 20.2 Å². The van der Waals surface area contributed by atoms with Crippen LogP contribution in [0.3, 0.4) is 0 Å². The van der Waals surface area contributed by atoms with Crippen LogP contribution in [0.25, 0.3) is 11.0 Å². The number of para-hydroxylation sites is 1. The van der Waals surface area contributed by atoms with Crippen molar-refractivity contribution in [2.45, 2.75) is 26.4 Å². The third-order valence-electron chi connectivity index (χ3n) is 4.03. The van der Waals surface area contributed by atoms with Gasteiger partial charge in [-0.3, -0.25) is 4.99 Å². The van der Waals surface area contributed by atoms with E-state index in [1.165, 1.54) is 5.56 Å². The number of aliphatic imine (C=N–C) groups is 1. The second-order valence-corrected chi connectivity index (χ2v) is 5.65. The van der Waals surface area contributed by atoms with Crippen LogP contribution in [0.15, 0.2) is 52.4 Å². The molecule has 24 heavy (non-hydrogen) atoms. The number of furan rings is 1. The summed E-state index contributed by atoms with van der Waals surface area (Å²) < 4.78 is 7.98. The Morgan fingerprint density at radius 2 is 2.17 bits per heavy atom. The van der Waals surface area contributed by atoms with Crippen molar-refractivity contribution in [1.29, 1.82) is 0 Å². The van der Waals surface area contributed by atoms with Crippen LogP contribution in [-0.4, -0.2) is 29.1 Å². The number of guanidine groups is 1. The van der Waals surface area contributed by atoms with E-state index in [0.29, 0.717) is 6.54 Å². The van der Waals surface area contributed by atoms with Gasteiger partial charge in [0.05, 0.1) is 12.9 Å². The molecule has 0 bridgehead atoms. The van der Waals surface area contributed by atoms with Gasteiger partial charge < -0.3 is 19.6 Å². The Morgan fingerprint density at radius 3 is 2.92 bits per heavy atom. The summed E-state index contributed by atoms with van der Waals surface area (Å²) in [7, 11) is 1.77. The first-order chi connectivity index (χ1) is 11.8. The van der Waals surface area contributed by atoms with Gasteiger partial charge >= 0.3 is 0 Å². The summed E-state index contributed by atoms with van der Waals surface area (Å²) in [5.74, 6) is 1.72. The monoisotopic (exact) mass is 325 g/mol. The van der Waals surface area contributed by atoms with Crippen LogP contribution in [-0.2, 0) is 13.1 Å². The molecule has 126 valence electrons. The fraction of sp³-hybridized carbons (Fsp3) is 0.333. The minimum atomic E-state index is 0.613. The van der Waals surface area contributed by atoms with Crippen molar-refractivity contribution >= 4 is 16.9 Å². The number of imidazole rings is 1. The average molecular weight is 325 g/mol. The van der Waals surface area contributed by atoms with Crippen molar-refractivity contribution < 1.29 is 4.42 Å². The number of nitrogens with one attached hydrogen (secondary N) is 2. The topological polar surface area (TPSA) is 67.4 Å². The molecule has 2 N–H and O–H groups in total. The van der Waals surface area contributed by atoms with E-state index in [2.05, 4.69) is 38.2 Å². The molecular weight excluding hydrogens is 302 g/mol. The molecule has 0 aliphatic rings. The van der Waals surface area contributed by atoms with Crippen LogP contribution in [0.4, 0.5) is 0 Å². The van der Waals surface area contributed by atoms with E-state index < -0.39 is 0 Å². The number of rotatable bonds is 6. The summed E-state index contributed by atoms with van der Waals surface area (Å²) in [4.78, 5) is 8.29. The van der Waals surface area contributed by atoms with E-state index in [0.717, 1.165) is 42.2 Å². The number of aryl methyl sites for hydroxylation is 2. The van der Waals surface area contributed by atoms with Gasteiger partial charge in [0.1, 0.15) is 11.3 Å². The van der Waals surface area contributed by atoms with Gasteiger partial charge in [0, 0.05) is 43.5 Å². The number of hydrogen-bond acceptors (Lipinski definition) is 3. The Balaban J connectivity index is 1.49. The van der Waals surface area contributed by atoms with Crippen LogP contribution in [0.1, 0.15) is 17.7 Å². The van der Waals surface area contributed by atoms with E-state index in [9.17, 15) is 0 Å². The molecule has 6 heteroatoms. The van der Waals surface area contributed by atoms with Crippen molar-refractivity contribution in [2.75, 3.05) is 13.6 Å². The second kappa shape index (κ2) is 7.68. The molecule has 0 radical (unpaired) electrons. The zero-order chi connectivity index (χ0) is 16.8. The van der Waals surface area contributed by atoms with E-state index >= 15 is 0 Å². The summed E-state index contributed by atoms with van der Waals surface area (Å²) in [5, 5.41) is 7.79. The molecule has 0 atom stereocenters. The lowest BCUT2D eigenvalue weighted by Gasteiger charge is -2.11. The molecule has 0 amide bonds. The number of aromatic nitrogens is 2. The van der Waals surface area contributed by atoms with Gasteiger partial charge in [0.15, 0.2) is 5.96 Å². The molecule has 0 aliphatic carbocycles. The Labute approximate surface area is 141 Å². The van der Waals surface area contributed by atoms with Crippen molar-refractivity contribution in [2.24, 2.45) is 4.99 Å². The molecule has 0 saturated heterocycles. The van der Waals surface area contributed by atoms with Gasteiger partial charge in [0.25, 0.3) is 0 Å². The highest BCUT2D eigenvalue weighted by molar-refractivity contribution is 5.82. The van der Waals surface area contributed by atoms with E-state index in [4.69, 9.17) is 4.42 Å². The SMILES string of the molecule is CN=C(NCCCn1ccnc1)NCc1oc2ccccc2c1C. The van der Waals surface area contributed by atoms with E-state index in [1.54, 1.807) is 13.2 Å². The van der Waals surface area contributed by atoms with Gasteiger partial charge in [-0.05, 0) is 19.4 Å². The third kappa shape index (κ3) is 3.76. The van der Waals surface area contributed by atoms with Crippen LogP contribution in [0, 0.1) is 6.92 Å². The Morgan fingerprint density at radius 1 is 1.29 bits per heavy atom. The standard InChI is InChI=1S/C18H23N5O/c1-14-15-6-3-4-7-16(15)24-17(14)12-22-18(19-2)21-8-5-10-23-11-9-20-13-23/h3-4,6-7,9,11,13H,5,8,10,12H2,1-2H3,(H2,19,21,22). The van der Waals surface area contributed by atoms with Crippen LogP contribution in [0.5, 0.6) is 0 Å². The van der Waals surface area contributed by atoms with Crippen molar-refractivity contribution in [3.8, 4) is 0 Å². The molecule has 0 spiro atoms. The molecule has 6 nitrogen and oxygen atoms in total. The summed E-state index contributed by atoms with van der Waals surface area (Å²) in [6, 6.07) is 8.10. The predicted molar refractivity (Wildman–Crippen MR) is 96.0 cm³/mol. The highest BCUT2D eigenvalue weighted by Gasteiger charge is 2.10. The quantitative estimate of drug-likeness (QED) is 0.415. The molecule has 1 aromatic carbocycles. The van der Waals surface area contributed by atoms with Crippen molar-refractivity contribution in [3.63, 3.8) is 0 Å². The van der Waals surface area contributed by atoms with Gasteiger partial charge in [0.2, 0.25) is 0 Å². The first-order valence-electron chi connectivity index (χ1n) is 8.15. The lowest BCUT2D eigenvalue weighted by molar-refractivity contribution is 0.533. The Bertz CT molecular complexity index is 804. The Kier molecular flexibility index (Phi) is 5.15. The minimum Gasteiger partial charge on any atom is -0.459 e. The maximum atomic E-state index is 5.91. The summed E-state index contributed by atoms with van der Waals surface area (Å²) >= 11 is 0. The van der Waals surface area contributed by atoms with Crippen LogP contribution in [0.2, 0.25) is 0 Å². The number of benzene rings is 1. The number of hydrogen-bond donors (Lipinski definition) is 2. The Hall–Kier alpha value is -2.76. The molecule has 3 rings (SSSR count). The zero-order valence-electron chi connectivity index (χ0n) is 14.1. The summed E-state index contributed by atoms with van der Waals surface area (Å²) in [6.07, 6.45) is 6.60. The second-order valence-electron chi connectivity index (χ2n) is 5.65. The highest BCUT2D eigenvalue weighted by Crippen LogP contribution is 2.24. The average Bonchev–Trinajstić information content (AvgIpc) is 3.23. The van der Waals surface area contributed by atoms with Gasteiger partial charge in [-0.2, -0.15) is 0 Å². The lowest BCUT2D eigenvalue weighted by Crippen LogP contribution is -2.37. The fourth-order valence-corrected chi connectivity index (χ4v) is 2.67. The van der Waals surface area contributed by atoms with E-state index in [-0.39, 0.29) is 0 Å². The lowest BCUT2D eigenvalue weighted by atomic mass is 10.1. The molecule has 0 aliphatic heterocycles. The normalized spacial score (nSPS) is 11.8. The third-order valence-corrected chi connectivity index (χ3v) is 4.03. The maximum Gasteiger partial charge on any atom is 0.191 e. The maximum absolute atomic E-state index is 5.91. The zero-order valence-corrected chi connectivity index (χ0v) is 14.1.